The summed E-state index contributed by atoms with van der Waals surface area (Å²) in [5, 5.41) is 14.0. The number of aromatic nitrogens is 1. The number of nitrogens with two attached hydrogens (primary N) is 1. The second-order valence-corrected chi connectivity index (χ2v) is 7.09. The number of amides is 1. The van der Waals surface area contributed by atoms with Gasteiger partial charge in [0.05, 0.1) is 22.4 Å². The van der Waals surface area contributed by atoms with Crippen LogP contribution in [0.5, 0.6) is 0 Å². The fourth-order valence-electron chi connectivity index (χ4n) is 3.15. The van der Waals surface area contributed by atoms with Crippen LogP contribution in [-0.4, -0.2) is 23.4 Å². The van der Waals surface area contributed by atoms with Gasteiger partial charge in [0.1, 0.15) is 0 Å². The number of fused-ring (bicyclic) bond motifs is 1. The van der Waals surface area contributed by atoms with Gasteiger partial charge in [-0.15, -0.1) is 0 Å². The van der Waals surface area contributed by atoms with E-state index in [9.17, 15) is 14.7 Å². The third-order valence-corrected chi connectivity index (χ3v) is 4.95. The molecule has 0 saturated carbocycles. The van der Waals surface area contributed by atoms with E-state index in [1.807, 2.05) is 0 Å². The molecule has 1 aliphatic heterocycles. The fraction of sp³-hybridized carbons (Fsp3) is 0.0526. The van der Waals surface area contributed by atoms with Crippen LogP contribution in [0, 0.1) is 0 Å². The van der Waals surface area contributed by atoms with Crippen LogP contribution in [0.4, 0.5) is 11.4 Å². The number of aromatic carboxylic acids is 1. The standard InChI is InChI=1S/C19H14Cl2N4O3.Na/c20-10-6-14(21)16-13(17(19(27)28)24-15(16)7-10)5-9-8-23-25(18(9)26)12-3-1-11(22)2-4-12;/h1-7,23-24H,8,22H2,(H,27,28);/q;+1/p-1/b9-5+;. The zero-order valence-corrected chi connectivity index (χ0v) is 18.8. The first-order chi connectivity index (χ1) is 13.3. The molecule has 2 aromatic carbocycles. The molecule has 1 saturated heterocycles. The van der Waals surface area contributed by atoms with Gasteiger partial charge in [-0.05, 0) is 42.5 Å². The molecule has 4 rings (SSSR count). The van der Waals surface area contributed by atoms with Crippen LogP contribution in [0.3, 0.4) is 0 Å². The topological polar surface area (TPSA) is 114 Å². The average molecular weight is 439 g/mol. The van der Waals surface area contributed by atoms with Gasteiger partial charge >= 0.3 is 29.6 Å². The number of benzene rings is 2. The molecule has 1 aliphatic rings. The van der Waals surface area contributed by atoms with Gasteiger partial charge in [-0.1, -0.05) is 23.2 Å². The number of carbonyl (C=O) groups excluding carboxylic acids is 2. The van der Waals surface area contributed by atoms with E-state index in [4.69, 9.17) is 28.9 Å². The van der Waals surface area contributed by atoms with Crippen molar-refractivity contribution in [2.45, 2.75) is 0 Å². The molecule has 0 aliphatic carbocycles. The molecule has 7 nitrogen and oxygen atoms in total. The van der Waals surface area contributed by atoms with E-state index in [-0.39, 0.29) is 58.3 Å². The fourth-order valence-corrected chi connectivity index (χ4v) is 3.75. The first-order valence-corrected chi connectivity index (χ1v) is 8.97. The van der Waals surface area contributed by atoms with Crippen LogP contribution < -0.4 is 50.8 Å². The van der Waals surface area contributed by atoms with Crippen molar-refractivity contribution < 1.29 is 44.3 Å². The van der Waals surface area contributed by atoms with Gasteiger partial charge in [0, 0.05) is 39.3 Å². The van der Waals surface area contributed by atoms with E-state index < -0.39 is 5.97 Å². The number of nitrogens with zero attached hydrogens (tertiary/aromatic N) is 1. The van der Waals surface area contributed by atoms with Gasteiger partial charge in [-0.3, -0.25) is 4.79 Å². The number of carboxylic acid groups (broad SMARTS) is 1. The molecule has 4 N–H and O–H groups in total. The van der Waals surface area contributed by atoms with Crippen molar-refractivity contribution in [2.75, 3.05) is 17.3 Å². The number of nitrogens with one attached hydrogen (secondary N) is 2. The number of rotatable bonds is 3. The molecule has 29 heavy (non-hydrogen) atoms. The average Bonchev–Trinajstić information content (AvgIpc) is 3.18. The van der Waals surface area contributed by atoms with Gasteiger partial charge in [0.15, 0.2) is 0 Å². The second kappa shape index (κ2) is 8.39. The Labute approximate surface area is 197 Å². The molecule has 0 unspecified atom stereocenters. The first-order valence-electron chi connectivity index (χ1n) is 8.21. The summed E-state index contributed by atoms with van der Waals surface area (Å²) in [6.45, 7) is 0.216. The maximum atomic E-state index is 12.8. The number of anilines is 2. The zero-order chi connectivity index (χ0) is 20.0. The Bertz CT molecular complexity index is 1160. The number of halogens is 2. The van der Waals surface area contributed by atoms with Crippen LogP contribution in [-0.2, 0) is 4.79 Å². The molecule has 0 atom stereocenters. The van der Waals surface area contributed by atoms with E-state index in [0.29, 0.717) is 32.9 Å². The molecule has 0 radical (unpaired) electrons. The predicted molar refractivity (Wildman–Crippen MR) is 107 cm³/mol. The Morgan fingerprint density at radius 2 is 1.90 bits per heavy atom. The van der Waals surface area contributed by atoms with E-state index in [0.717, 1.165) is 0 Å². The van der Waals surface area contributed by atoms with E-state index in [2.05, 4.69) is 10.4 Å². The van der Waals surface area contributed by atoms with Crippen LogP contribution in [0.15, 0.2) is 42.0 Å². The Morgan fingerprint density at radius 3 is 2.55 bits per heavy atom. The second-order valence-electron chi connectivity index (χ2n) is 6.25. The molecule has 0 spiro atoms. The predicted octanol–water partition coefficient (Wildman–Crippen LogP) is -0.641. The molecular formula is C19H13Cl2N4NaO3. The number of aromatic amines is 1. The van der Waals surface area contributed by atoms with Crippen LogP contribution >= 0.6 is 23.2 Å². The number of hydrazine groups is 1. The molecule has 1 amide bonds. The SMILES string of the molecule is Nc1ccc(N2NC/C(=C\c3c(C(=O)[O-])[nH]c4cc(Cl)cc(Cl)c34)C2=O)cc1.[Na+]. The van der Waals surface area contributed by atoms with Crippen LogP contribution in [0.2, 0.25) is 10.0 Å². The number of nitrogen functional groups attached to an aromatic ring is 1. The molecule has 2 heterocycles. The molecule has 0 bridgehead atoms. The summed E-state index contributed by atoms with van der Waals surface area (Å²) in [4.78, 5) is 27.1. The smallest absolute Gasteiger partial charge is 0.543 e. The molecule has 3 aromatic rings. The Hall–Kier alpha value is -2.00. The van der Waals surface area contributed by atoms with Crippen LogP contribution in [0.1, 0.15) is 16.1 Å². The van der Waals surface area contributed by atoms with Gasteiger partial charge in [0.25, 0.3) is 5.91 Å². The molecule has 10 heteroatoms. The number of hydrogen-bond donors (Lipinski definition) is 3. The minimum absolute atomic E-state index is 0. The third-order valence-electron chi connectivity index (χ3n) is 4.43. The third kappa shape index (κ3) is 4.02. The van der Waals surface area contributed by atoms with Gasteiger partial charge < -0.3 is 20.6 Å². The summed E-state index contributed by atoms with van der Waals surface area (Å²) in [6.07, 6.45) is 1.50. The van der Waals surface area contributed by atoms with E-state index >= 15 is 0 Å². The van der Waals surface area contributed by atoms with E-state index in [1.165, 1.54) is 17.2 Å². The van der Waals surface area contributed by atoms with Crippen molar-refractivity contribution in [1.82, 2.24) is 10.4 Å². The summed E-state index contributed by atoms with van der Waals surface area (Å²) < 4.78 is 0. The van der Waals surface area contributed by atoms with Crippen molar-refractivity contribution in [3.8, 4) is 0 Å². The summed E-state index contributed by atoms with van der Waals surface area (Å²) in [5.41, 5.74) is 10.7. The number of carbonyl (C=O) groups is 2. The normalized spacial score (nSPS) is 15.2. The maximum absolute atomic E-state index is 12.8. The summed E-state index contributed by atoms with van der Waals surface area (Å²) in [7, 11) is 0. The maximum Gasteiger partial charge on any atom is 1.00 e. The Morgan fingerprint density at radius 1 is 1.21 bits per heavy atom. The quantitative estimate of drug-likeness (QED) is 0.286. The van der Waals surface area contributed by atoms with Crippen LogP contribution in [0.25, 0.3) is 17.0 Å². The van der Waals surface area contributed by atoms with Crippen molar-refractivity contribution in [1.29, 1.82) is 0 Å². The van der Waals surface area contributed by atoms with Gasteiger partial charge in [-0.25, -0.2) is 10.4 Å². The van der Waals surface area contributed by atoms with Gasteiger partial charge in [-0.2, -0.15) is 0 Å². The number of H-pyrrole nitrogens is 1. The Balaban J connectivity index is 0.00000240. The Kier molecular flexibility index (Phi) is 6.28. The number of hydrogen-bond acceptors (Lipinski definition) is 5. The first kappa shape index (κ1) is 21.7. The summed E-state index contributed by atoms with van der Waals surface area (Å²) >= 11 is 12.3. The molecule has 142 valence electrons. The number of carboxylic acids is 1. The minimum atomic E-state index is -1.41. The van der Waals surface area contributed by atoms with Crippen molar-refractivity contribution in [3.05, 3.63) is 63.3 Å². The van der Waals surface area contributed by atoms with E-state index in [1.54, 1.807) is 30.3 Å². The van der Waals surface area contributed by atoms with Crippen molar-refractivity contribution >= 4 is 63.4 Å². The minimum Gasteiger partial charge on any atom is -0.543 e. The summed E-state index contributed by atoms with van der Waals surface area (Å²) in [5.74, 6) is -1.72. The molecule has 1 aromatic heterocycles. The van der Waals surface area contributed by atoms with Crippen molar-refractivity contribution in [3.63, 3.8) is 0 Å². The largest absolute Gasteiger partial charge is 1.00 e. The summed E-state index contributed by atoms with van der Waals surface area (Å²) in [6, 6.07) is 9.86. The molecular weight excluding hydrogens is 426 g/mol. The van der Waals surface area contributed by atoms with Crippen molar-refractivity contribution in [2.24, 2.45) is 0 Å². The van der Waals surface area contributed by atoms with Gasteiger partial charge in [0.2, 0.25) is 0 Å². The molecule has 1 fully saturated rings. The monoisotopic (exact) mass is 438 g/mol. The zero-order valence-electron chi connectivity index (χ0n) is 15.3.